The average molecular weight is 403 g/mol. The summed E-state index contributed by atoms with van der Waals surface area (Å²) < 4.78 is 0.838. The summed E-state index contributed by atoms with van der Waals surface area (Å²) in [5.41, 5.74) is 1.14. The van der Waals surface area contributed by atoms with Crippen molar-refractivity contribution in [3.8, 4) is 6.07 Å². The fourth-order valence-corrected chi connectivity index (χ4v) is 3.17. The van der Waals surface area contributed by atoms with E-state index >= 15 is 0 Å². The molecule has 1 saturated heterocycles. The van der Waals surface area contributed by atoms with E-state index < -0.39 is 0 Å². The van der Waals surface area contributed by atoms with Crippen LogP contribution < -0.4 is 16.2 Å². The van der Waals surface area contributed by atoms with Gasteiger partial charge in [-0.2, -0.15) is 5.26 Å². The van der Waals surface area contributed by atoms with Crippen molar-refractivity contribution in [2.45, 2.75) is 18.9 Å². The third-order valence-corrected chi connectivity index (χ3v) is 4.83. The number of aromatic nitrogens is 3. The second-order valence-electron chi connectivity index (χ2n) is 5.99. The zero-order chi connectivity index (χ0) is 17.8. The van der Waals surface area contributed by atoms with Crippen molar-refractivity contribution < 1.29 is 0 Å². The Morgan fingerprint density at radius 1 is 1.24 bits per heavy atom. The van der Waals surface area contributed by atoms with E-state index in [0.29, 0.717) is 11.6 Å². The molecule has 0 radical (unpaired) electrons. The van der Waals surface area contributed by atoms with Gasteiger partial charge in [0, 0.05) is 18.3 Å². The molecule has 0 bridgehead atoms. The molecule has 130 valence electrons. The predicted octanol–water partition coefficient (Wildman–Crippen LogP) is 2.02. The first-order chi connectivity index (χ1) is 12.1. The third kappa shape index (κ3) is 4.22. The van der Waals surface area contributed by atoms with Crippen LogP contribution in [0, 0.1) is 11.3 Å². The highest BCUT2D eigenvalue weighted by molar-refractivity contribution is 9.10. The van der Waals surface area contributed by atoms with Gasteiger partial charge in [0.1, 0.15) is 17.7 Å². The van der Waals surface area contributed by atoms with Gasteiger partial charge in [-0.3, -0.25) is 0 Å². The van der Waals surface area contributed by atoms with Crippen molar-refractivity contribution in [1.29, 1.82) is 5.26 Å². The first-order valence-corrected chi connectivity index (χ1v) is 8.73. The quantitative estimate of drug-likeness (QED) is 0.590. The molecule has 0 unspecified atom stereocenters. The molecule has 1 aliphatic heterocycles. The molecule has 0 amide bonds. The molecule has 0 atom stereocenters. The minimum absolute atomic E-state index is 0.269. The van der Waals surface area contributed by atoms with Crippen molar-refractivity contribution in [3.05, 3.63) is 34.8 Å². The number of hydrazine groups is 1. The maximum absolute atomic E-state index is 8.77. The molecule has 0 saturated carbocycles. The van der Waals surface area contributed by atoms with E-state index in [0.717, 1.165) is 36.1 Å². The second kappa shape index (κ2) is 7.74. The number of anilines is 3. The average Bonchev–Trinajstić information content (AvgIpc) is 2.64. The highest BCUT2D eigenvalue weighted by atomic mass is 79.9. The van der Waals surface area contributed by atoms with E-state index in [1.54, 1.807) is 6.20 Å². The summed E-state index contributed by atoms with van der Waals surface area (Å²) in [7, 11) is 2.13. The number of halogens is 1. The number of nitrogens with one attached hydrogen (secondary N) is 1. The number of likely N-dealkylation sites (tertiary alicyclic amines) is 1. The Hall–Kier alpha value is -2.28. The van der Waals surface area contributed by atoms with Crippen LogP contribution in [0.4, 0.5) is 17.3 Å². The van der Waals surface area contributed by atoms with E-state index in [2.05, 4.69) is 48.1 Å². The third-order valence-electron chi connectivity index (χ3n) is 4.22. The molecule has 9 heteroatoms. The van der Waals surface area contributed by atoms with Gasteiger partial charge in [-0.1, -0.05) is 0 Å². The molecule has 3 heterocycles. The molecule has 25 heavy (non-hydrogen) atoms. The summed E-state index contributed by atoms with van der Waals surface area (Å²) >= 11 is 3.53. The van der Waals surface area contributed by atoms with Crippen molar-refractivity contribution in [2.75, 3.05) is 30.5 Å². The maximum Gasteiger partial charge on any atom is 0.158 e. The van der Waals surface area contributed by atoms with Crippen molar-refractivity contribution in [1.82, 2.24) is 19.9 Å². The molecule has 2 aromatic rings. The minimum Gasteiger partial charge on any atom is -0.324 e. The zero-order valence-electron chi connectivity index (χ0n) is 13.9. The lowest BCUT2D eigenvalue weighted by atomic mass is 10.0. The Kier molecular flexibility index (Phi) is 5.43. The van der Waals surface area contributed by atoms with Crippen LogP contribution in [0.15, 0.2) is 29.1 Å². The Morgan fingerprint density at radius 2 is 1.96 bits per heavy atom. The minimum atomic E-state index is 0.269. The summed E-state index contributed by atoms with van der Waals surface area (Å²) in [5, 5.41) is 13.7. The number of piperidine rings is 1. The van der Waals surface area contributed by atoms with E-state index in [4.69, 9.17) is 11.1 Å². The van der Waals surface area contributed by atoms with Crippen LogP contribution in [-0.4, -0.2) is 46.0 Å². The Bertz CT molecular complexity index is 765. The van der Waals surface area contributed by atoms with Crippen LogP contribution in [0.5, 0.6) is 0 Å². The SMILES string of the molecule is CN1CCC(N(N)c2cc(Nc3cnc(C#N)cn3)ncc2Br)CC1. The van der Waals surface area contributed by atoms with Gasteiger partial charge in [-0.25, -0.2) is 20.8 Å². The summed E-state index contributed by atoms with van der Waals surface area (Å²) in [5.74, 6) is 7.51. The summed E-state index contributed by atoms with van der Waals surface area (Å²) in [4.78, 5) is 14.8. The molecule has 1 aliphatic rings. The largest absolute Gasteiger partial charge is 0.324 e. The fraction of sp³-hybridized carbons (Fsp3) is 0.375. The molecular formula is C16H19BrN8. The molecule has 8 nitrogen and oxygen atoms in total. The van der Waals surface area contributed by atoms with Crippen LogP contribution >= 0.6 is 15.9 Å². The fourth-order valence-electron chi connectivity index (χ4n) is 2.75. The summed E-state index contributed by atoms with van der Waals surface area (Å²) in [6.45, 7) is 2.07. The predicted molar refractivity (Wildman–Crippen MR) is 99.2 cm³/mol. The lowest BCUT2D eigenvalue weighted by Gasteiger charge is -2.36. The highest BCUT2D eigenvalue weighted by Gasteiger charge is 2.23. The van der Waals surface area contributed by atoms with E-state index in [1.165, 1.54) is 12.4 Å². The highest BCUT2D eigenvalue weighted by Crippen LogP contribution is 2.30. The zero-order valence-corrected chi connectivity index (χ0v) is 15.4. The van der Waals surface area contributed by atoms with Gasteiger partial charge in [0.05, 0.1) is 22.6 Å². The van der Waals surface area contributed by atoms with Crippen molar-refractivity contribution in [2.24, 2.45) is 5.84 Å². The van der Waals surface area contributed by atoms with E-state index in [1.807, 2.05) is 17.1 Å². The van der Waals surface area contributed by atoms with Gasteiger partial charge in [-0.15, -0.1) is 0 Å². The topological polar surface area (TPSA) is 107 Å². The Labute approximate surface area is 154 Å². The lowest BCUT2D eigenvalue weighted by Crippen LogP contribution is -2.47. The van der Waals surface area contributed by atoms with Gasteiger partial charge < -0.3 is 15.2 Å². The monoisotopic (exact) mass is 402 g/mol. The second-order valence-corrected chi connectivity index (χ2v) is 6.84. The van der Waals surface area contributed by atoms with Gasteiger partial charge >= 0.3 is 0 Å². The number of rotatable bonds is 4. The first kappa shape index (κ1) is 17.5. The van der Waals surface area contributed by atoms with Crippen LogP contribution in [0.25, 0.3) is 0 Å². The van der Waals surface area contributed by atoms with Gasteiger partial charge in [0.2, 0.25) is 0 Å². The van der Waals surface area contributed by atoms with Crippen LogP contribution in [0.2, 0.25) is 0 Å². The molecule has 1 fully saturated rings. The number of nitrogens with two attached hydrogens (primary N) is 1. The maximum atomic E-state index is 8.77. The van der Waals surface area contributed by atoms with Gasteiger partial charge in [-0.05, 0) is 48.9 Å². The Balaban J connectivity index is 1.76. The number of pyridine rings is 1. The normalized spacial score (nSPS) is 15.6. The van der Waals surface area contributed by atoms with Crippen LogP contribution in [0.3, 0.4) is 0 Å². The molecule has 3 rings (SSSR count). The van der Waals surface area contributed by atoms with E-state index in [-0.39, 0.29) is 11.7 Å². The van der Waals surface area contributed by atoms with Crippen LogP contribution in [0.1, 0.15) is 18.5 Å². The number of hydrogen-bond acceptors (Lipinski definition) is 8. The number of nitrogens with zero attached hydrogens (tertiary/aromatic N) is 6. The molecule has 2 aromatic heterocycles. The standard InChI is InChI=1S/C16H19BrN8/c1-24-4-2-12(3-5-24)25(19)14-6-15(22-9-13(14)17)23-16-10-20-11(7-18)8-21-16/h6,8-10,12H,2-5,19H2,1H3,(H,21,22,23). The molecule has 0 aromatic carbocycles. The van der Waals surface area contributed by atoms with Crippen LogP contribution in [-0.2, 0) is 0 Å². The van der Waals surface area contributed by atoms with Crippen molar-refractivity contribution >= 4 is 33.3 Å². The summed E-state index contributed by atoms with van der Waals surface area (Å²) in [6, 6.07) is 4.11. The molecular weight excluding hydrogens is 384 g/mol. The van der Waals surface area contributed by atoms with E-state index in [9.17, 15) is 0 Å². The molecule has 0 spiro atoms. The van der Waals surface area contributed by atoms with Gasteiger partial charge in [0.15, 0.2) is 5.69 Å². The Morgan fingerprint density at radius 3 is 2.60 bits per heavy atom. The molecule has 0 aliphatic carbocycles. The lowest BCUT2D eigenvalue weighted by molar-refractivity contribution is 0.250. The summed E-state index contributed by atoms with van der Waals surface area (Å²) in [6.07, 6.45) is 6.66. The molecule has 3 N–H and O–H groups in total. The smallest absolute Gasteiger partial charge is 0.158 e. The number of nitriles is 1. The van der Waals surface area contributed by atoms with Crippen molar-refractivity contribution in [3.63, 3.8) is 0 Å². The first-order valence-electron chi connectivity index (χ1n) is 7.94. The number of hydrogen-bond donors (Lipinski definition) is 2. The van der Waals surface area contributed by atoms with Gasteiger partial charge in [0.25, 0.3) is 0 Å².